The van der Waals surface area contributed by atoms with Crippen molar-refractivity contribution < 1.29 is 19.8 Å². The molecule has 2 aromatic carbocycles. The normalized spacial score (nSPS) is 10.5. The van der Waals surface area contributed by atoms with Gasteiger partial charge in [-0.05, 0) is 99.5 Å². The third kappa shape index (κ3) is 5.88. The molecule has 0 spiro atoms. The van der Waals surface area contributed by atoms with Gasteiger partial charge in [0.2, 0.25) is 0 Å². The van der Waals surface area contributed by atoms with Crippen molar-refractivity contribution in [2.75, 3.05) is 0 Å². The van der Waals surface area contributed by atoms with Gasteiger partial charge in [-0.25, -0.2) is 9.59 Å². The minimum absolute atomic E-state index is 0.208. The highest BCUT2D eigenvalue weighted by Gasteiger charge is 2.18. The third-order valence-electron chi connectivity index (χ3n) is 5.78. The van der Waals surface area contributed by atoms with Crippen LogP contribution in [0.2, 0.25) is 10.0 Å². The van der Waals surface area contributed by atoms with Gasteiger partial charge in [0.25, 0.3) is 11.1 Å². The zero-order chi connectivity index (χ0) is 28.3. The zero-order valence-electron chi connectivity index (χ0n) is 21.0. The zero-order valence-corrected chi connectivity index (χ0v) is 22.5. The molecule has 0 radical (unpaired) electrons. The van der Waals surface area contributed by atoms with Crippen molar-refractivity contribution >= 4 is 35.1 Å². The Morgan fingerprint density at radius 1 is 0.605 bits per heavy atom. The fraction of sp³-hybridized carbons (Fsp3) is 0.143. The first kappa shape index (κ1) is 28.4. The van der Waals surface area contributed by atoms with E-state index in [1.54, 1.807) is 88.4 Å². The van der Waals surface area contributed by atoms with Crippen LogP contribution >= 0.6 is 23.2 Å². The van der Waals surface area contributed by atoms with E-state index in [0.29, 0.717) is 43.9 Å². The fourth-order valence-corrected chi connectivity index (χ4v) is 4.38. The molecule has 2 aromatic heterocycles. The van der Waals surface area contributed by atoms with Crippen LogP contribution in [0.5, 0.6) is 0 Å². The van der Waals surface area contributed by atoms with Crippen molar-refractivity contribution in [2.24, 2.45) is 0 Å². The summed E-state index contributed by atoms with van der Waals surface area (Å²) in [7, 11) is 0. The standard InChI is InChI=1S/2C14H12ClNO3/c2*1-8-7-9(2)16(13(17)12(8)14(18)19)11-5-3-10(15)4-6-11/h2*3-7H,1-2H3,(H,18,19). The second kappa shape index (κ2) is 11.5. The number of carboxylic acid groups (broad SMARTS) is 2. The van der Waals surface area contributed by atoms with Crippen LogP contribution in [0.25, 0.3) is 11.4 Å². The summed E-state index contributed by atoms with van der Waals surface area (Å²) in [5.74, 6) is -2.43. The van der Waals surface area contributed by atoms with Crippen molar-refractivity contribution in [3.63, 3.8) is 0 Å². The molecule has 0 atom stereocenters. The minimum atomic E-state index is -1.22. The van der Waals surface area contributed by atoms with E-state index in [9.17, 15) is 19.2 Å². The smallest absolute Gasteiger partial charge is 0.341 e. The van der Waals surface area contributed by atoms with Crippen LogP contribution in [0.1, 0.15) is 43.2 Å². The van der Waals surface area contributed by atoms with Crippen LogP contribution in [0.4, 0.5) is 0 Å². The molecule has 0 fully saturated rings. The first-order valence-corrected chi connectivity index (χ1v) is 12.0. The molecule has 4 rings (SSSR count). The van der Waals surface area contributed by atoms with Gasteiger partial charge in [0.05, 0.1) is 0 Å². The quantitative estimate of drug-likeness (QED) is 0.338. The van der Waals surface area contributed by atoms with Gasteiger partial charge >= 0.3 is 11.9 Å². The first-order chi connectivity index (χ1) is 17.8. The Morgan fingerprint density at radius 2 is 0.895 bits per heavy atom. The molecular weight excluding hydrogens is 531 g/mol. The molecule has 0 amide bonds. The molecule has 38 heavy (non-hydrogen) atoms. The van der Waals surface area contributed by atoms with Crippen LogP contribution in [-0.2, 0) is 0 Å². The van der Waals surface area contributed by atoms with Gasteiger partial charge in [0, 0.05) is 32.8 Å². The molecule has 0 aliphatic carbocycles. The molecule has 0 saturated carbocycles. The molecule has 0 aliphatic rings. The molecule has 4 aromatic rings. The summed E-state index contributed by atoms with van der Waals surface area (Å²) in [5.41, 5.74) is 1.97. The van der Waals surface area contributed by atoms with Crippen molar-refractivity contribution in [3.8, 4) is 11.4 Å². The number of aryl methyl sites for hydroxylation is 4. The molecule has 0 unspecified atom stereocenters. The Hall–Kier alpha value is -4.14. The number of hydrogen-bond acceptors (Lipinski definition) is 4. The second-order valence-electron chi connectivity index (χ2n) is 8.53. The lowest BCUT2D eigenvalue weighted by Gasteiger charge is -2.12. The van der Waals surface area contributed by atoms with E-state index in [1.165, 1.54) is 9.13 Å². The maximum atomic E-state index is 12.3. The van der Waals surface area contributed by atoms with E-state index in [4.69, 9.17) is 33.4 Å². The van der Waals surface area contributed by atoms with E-state index in [1.807, 2.05) is 0 Å². The predicted molar refractivity (Wildman–Crippen MR) is 147 cm³/mol. The number of benzene rings is 2. The maximum Gasteiger partial charge on any atom is 0.341 e. The van der Waals surface area contributed by atoms with Gasteiger partial charge in [-0.3, -0.25) is 18.7 Å². The number of nitrogens with zero attached hydrogens (tertiary/aromatic N) is 2. The van der Waals surface area contributed by atoms with E-state index >= 15 is 0 Å². The second-order valence-corrected chi connectivity index (χ2v) is 9.40. The van der Waals surface area contributed by atoms with E-state index < -0.39 is 23.1 Å². The van der Waals surface area contributed by atoms with Gasteiger partial charge in [-0.2, -0.15) is 0 Å². The summed E-state index contributed by atoms with van der Waals surface area (Å²) in [6.07, 6.45) is 0. The lowest BCUT2D eigenvalue weighted by atomic mass is 10.1. The number of carbonyl (C=O) groups is 2. The van der Waals surface area contributed by atoms with Gasteiger partial charge in [0.15, 0.2) is 0 Å². The number of halogens is 2. The molecule has 2 N–H and O–H groups in total. The molecule has 196 valence electrons. The van der Waals surface area contributed by atoms with Crippen molar-refractivity contribution in [2.45, 2.75) is 27.7 Å². The topological polar surface area (TPSA) is 119 Å². The van der Waals surface area contributed by atoms with Gasteiger partial charge in [0.1, 0.15) is 11.1 Å². The van der Waals surface area contributed by atoms with E-state index in [-0.39, 0.29) is 11.1 Å². The lowest BCUT2D eigenvalue weighted by Crippen LogP contribution is -2.28. The number of hydrogen-bond donors (Lipinski definition) is 2. The average molecular weight is 555 g/mol. The maximum absolute atomic E-state index is 12.3. The highest BCUT2D eigenvalue weighted by Crippen LogP contribution is 2.17. The minimum Gasteiger partial charge on any atom is -0.477 e. The molecule has 8 nitrogen and oxygen atoms in total. The largest absolute Gasteiger partial charge is 0.477 e. The Labute approximate surface area is 227 Å². The SMILES string of the molecule is Cc1cc(C)n(-c2ccc(Cl)cc2)c(=O)c1C(=O)O.Cc1cc(C)n(-c2ccc(Cl)cc2)c(=O)c1C(=O)O. The number of pyridine rings is 2. The van der Waals surface area contributed by atoms with Crippen LogP contribution < -0.4 is 11.1 Å². The fourth-order valence-electron chi connectivity index (χ4n) is 4.12. The van der Waals surface area contributed by atoms with E-state index in [2.05, 4.69) is 0 Å². The molecule has 2 heterocycles. The summed E-state index contributed by atoms with van der Waals surface area (Å²) in [6.45, 7) is 6.75. The van der Waals surface area contributed by atoms with Crippen LogP contribution in [0.3, 0.4) is 0 Å². The van der Waals surface area contributed by atoms with Crippen LogP contribution in [0.15, 0.2) is 70.3 Å². The molecular formula is C28H24Cl2N2O6. The summed E-state index contributed by atoms with van der Waals surface area (Å²) >= 11 is 11.6. The molecule has 0 bridgehead atoms. The summed E-state index contributed by atoms with van der Waals surface area (Å²) < 4.78 is 2.74. The van der Waals surface area contributed by atoms with Crippen LogP contribution in [-0.4, -0.2) is 31.3 Å². The summed E-state index contributed by atoms with van der Waals surface area (Å²) in [4.78, 5) is 46.9. The van der Waals surface area contributed by atoms with Crippen LogP contribution in [0, 0.1) is 27.7 Å². The Bertz CT molecular complexity index is 1530. The molecule has 0 aliphatic heterocycles. The predicted octanol–water partition coefficient (Wildman–Crippen LogP) is 5.61. The highest BCUT2D eigenvalue weighted by atomic mass is 35.5. The Kier molecular flexibility index (Phi) is 8.60. The van der Waals surface area contributed by atoms with Crippen molar-refractivity contribution in [3.05, 3.63) is 125 Å². The van der Waals surface area contributed by atoms with Gasteiger partial charge in [-0.15, -0.1) is 0 Å². The summed E-state index contributed by atoms with van der Waals surface area (Å²) in [5, 5.41) is 19.3. The highest BCUT2D eigenvalue weighted by molar-refractivity contribution is 6.30. The lowest BCUT2D eigenvalue weighted by molar-refractivity contribution is 0.0682. The number of carboxylic acids is 2. The van der Waals surface area contributed by atoms with Gasteiger partial charge < -0.3 is 10.2 Å². The van der Waals surface area contributed by atoms with Crippen molar-refractivity contribution in [1.82, 2.24) is 9.13 Å². The number of aromatic nitrogens is 2. The Morgan fingerprint density at radius 3 is 1.16 bits per heavy atom. The van der Waals surface area contributed by atoms with Gasteiger partial charge in [-0.1, -0.05) is 23.2 Å². The molecule has 10 heteroatoms. The van der Waals surface area contributed by atoms with E-state index in [0.717, 1.165) is 0 Å². The molecule has 0 saturated heterocycles. The summed E-state index contributed by atoms with van der Waals surface area (Å²) in [6, 6.07) is 16.7. The first-order valence-electron chi connectivity index (χ1n) is 11.3. The number of aromatic carboxylic acids is 2. The Balaban J connectivity index is 0.000000211. The van der Waals surface area contributed by atoms with Crippen molar-refractivity contribution in [1.29, 1.82) is 0 Å². The third-order valence-corrected chi connectivity index (χ3v) is 6.28. The average Bonchev–Trinajstić information content (AvgIpc) is 2.81. The monoisotopic (exact) mass is 554 g/mol. The number of rotatable bonds is 4.